The first-order chi connectivity index (χ1) is 8.64. The Kier molecular flexibility index (Phi) is 4.00. The van der Waals surface area contributed by atoms with Gasteiger partial charge in [0.05, 0.1) is 6.61 Å². The van der Waals surface area contributed by atoms with Crippen LogP contribution < -0.4 is 0 Å². The Morgan fingerprint density at radius 1 is 1.28 bits per heavy atom. The van der Waals surface area contributed by atoms with E-state index in [1.54, 1.807) is 0 Å². The van der Waals surface area contributed by atoms with Gasteiger partial charge < -0.3 is 9.47 Å². The second-order valence-electron chi connectivity index (χ2n) is 5.75. The molecule has 1 atom stereocenters. The zero-order valence-electron chi connectivity index (χ0n) is 12.0. The smallest absolute Gasteiger partial charge is 0.341 e. The van der Waals surface area contributed by atoms with Crippen molar-refractivity contribution in [3.8, 4) is 0 Å². The minimum atomic E-state index is -0.601. The van der Waals surface area contributed by atoms with Gasteiger partial charge in [0, 0.05) is 0 Å². The second kappa shape index (κ2) is 5.20. The van der Waals surface area contributed by atoms with Crippen molar-refractivity contribution in [3.05, 3.63) is 0 Å². The first kappa shape index (κ1) is 13.9. The van der Waals surface area contributed by atoms with Gasteiger partial charge in [0.1, 0.15) is 5.60 Å². The number of carbonyl (C=O) groups excluding carboxylic acids is 1. The molecule has 1 unspecified atom stereocenters. The van der Waals surface area contributed by atoms with E-state index in [4.69, 9.17) is 9.47 Å². The lowest BCUT2D eigenvalue weighted by atomic mass is 9.74. The molecule has 2 fully saturated rings. The van der Waals surface area contributed by atoms with Crippen LogP contribution in [0, 0.1) is 5.92 Å². The van der Waals surface area contributed by atoms with Crippen molar-refractivity contribution in [3.63, 3.8) is 0 Å². The molecule has 0 aromatic carbocycles. The van der Waals surface area contributed by atoms with Crippen LogP contribution in [0.2, 0.25) is 0 Å². The minimum absolute atomic E-state index is 0.123. The number of epoxide rings is 1. The predicted molar refractivity (Wildman–Crippen MR) is 70.3 cm³/mol. The van der Waals surface area contributed by atoms with Gasteiger partial charge in [-0.25, -0.2) is 4.79 Å². The average Bonchev–Trinajstić information content (AvgIpc) is 2.99. The van der Waals surface area contributed by atoms with Crippen molar-refractivity contribution in [2.24, 2.45) is 5.92 Å². The van der Waals surface area contributed by atoms with Crippen LogP contribution in [0.5, 0.6) is 0 Å². The molecule has 0 aromatic heterocycles. The topological polar surface area (TPSA) is 38.8 Å². The SMILES string of the molecule is CCCC1(C(=O)OCC)OC12CCC(CC)CC2. The molecule has 0 radical (unpaired) electrons. The van der Waals surface area contributed by atoms with Crippen molar-refractivity contribution < 1.29 is 14.3 Å². The molecule has 0 amide bonds. The van der Waals surface area contributed by atoms with E-state index in [0.29, 0.717) is 6.61 Å². The number of carbonyl (C=O) groups is 1. The predicted octanol–water partition coefficient (Wildman–Crippen LogP) is 3.46. The molecule has 0 aromatic rings. The molecule has 0 bridgehead atoms. The Morgan fingerprint density at radius 2 is 1.94 bits per heavy atom. The molecule has 1 aliphatic carbocycles. The quantitative estimate of drug-likeness (QED) is 0.557. The summed E-state index contributed by atoms with van der Waals surface area (Å²) < 4.78 is 11.2. The zero-order chi connectivity index (χ0) is 13.2. The summed E-state index contributed by atoms with van der Waals surface area (Å²) in [6.45, 7) is 6.66. The molecule has 18 heavy (non-hydrogen) atoms. The van der Waals surface area contributed by atoms with Crippen molar-refractivity contribution in [1.82, 2.24) is 0 Å². The van der Waals surface area contributed by atoms with Gasteiger partial charge in [-0.2, -0.15) is 0 Å². The van der Waals surface area contributed by atoms with Crippen LogP contribution in [0.25, 0.3) is 0 Å². The highest BCUT2D eigenvalue weighted by atomic mass is 16.7. The fraction of sp³-hybridized carbons (Fsp3) is 0.933. The Morgan fingerprint density at radius 3 is 2.44 bits per heavy atom. The second-order valence-corrected chi connectivity index (χ2v) is 5.75. The fourth-order valence-corrected chi connectivity index (χ4v) is 3.57. The standard InChI is InChI=1S/C15H26O3/c1-4-9-15(13(16)17-6-3)14(18-15)10-7-12(5-2)8-11-14/h12H,4-11H2,1-3H3. The molecule has 2 rings (SSSR count). The third kappa shape index (κ3) is 2.07. The van der Waals surface area contributed by atoms with Crippen LogP contribution in [0.3, 0.4) is 0 Å². The van der Waals surface area contributed by atoms with Crippen LogP contribution in [-0.4, -0.2) is 23.8 Å². The van der Waals surface area contributed by atoms with Crippen molar-refractivity contribution in [2.45, 2.75) is 76.9 Å². The monoisotopic (exact) mass is 254 g/mol. The van der Waals surface area contributed by atoms with Gasteiger partial charge in [-0.3, -0.25) is 0 Å². The summed E-state index contributed by atoms with van der Waals surface area (Å²) in [5, 5.41) is 0. The summed E-state index contributed by atoms with van der Waals surface area (Å²) in [6, 6.07) is 0. The first-order valence-corrected chi connectivity index (χ1v) is 7.51. The van der Waals surface area contributed by atoms with Crippen molar-refractivity contribution >= 4 is 5.97 Å². The maximum Gasteiger partial charge on any atom is 0.341 e. The lowest BCUT2D eigenvalue weighted by molar-refractivity contribution is -0.150. The lowest BCUT2D eigenvalue weighted by Crippen LogP contribution is -2.38. The van der Waals surface area contributed by atoms with Crippen LogP contribution in [0.1, 0.15) is 65.7 Å². The van der Waals surface area contributed by atoms with E-state index in [-0.39, 0.29) is 11.6 Å². The van der Waals surface area contributed by atoms with Crippen molar-refractivity contribution in [2.75, 3.05) is 6.61 Å². The number of hydrogen-bond acceptors (Lipinski definition) is 3. The van der Waals surface area contributed by atoms with E-state index in [9.17, 15) is 4.79 Å². The molecule has 3 nitrogen and oxygen atoms in total. The zero-order valence-corrected chi connectivity index (χ0v) is 12.0. The van der Waals surface area contributed by atoms with Gasteiger partial charge in [0.15, 0.2) is 5.60 Å². The number of esters is 1. The summed E-state index contributed by atoms with van der Waals surface area (Å²) in [6.07, 6.45) is 7.48. The summed E-state index contributed by atoms with van der Waals surface area (Å²) in [5.41, 5.74) is -0.780. The normalized spacial score (nSPS) is 38.7. The van der Waals surface area contributed by atoms with E-state index in [2.05, 4.69) is 13.8 Å². The molecule has 104 valence electrons. The van der Waals surface area contributed by atoms with E-state index in [1.807, 2.05) is 6.92 Å². The fourth-order valence-electron chi connectivity index (χ4n) is 3.57. The molecule has 1 saturated heterocycles. The number of ether oxygens (including phenoxy) is 2. The summed E-state index contributed by atoms with van der Waals surface area (Å²) >= 11 is 0. The highest BCUT2D eigenvalue weighted by molar-refractivity contribution is 5.85. The third-order valence-electron chi connectivity index (χ3n) is 4.76. The highest BCUT2D eigenvalue weighted by Crippen LogP contribution is 2.60. The Hall–Kier alpha value is -0.570. The lowest BCUT2D eigenvalue weighted by Gasteiger charge is -2.28. The van der Waals surface area contributed by atoms with Crippen LogP contribution in [0.4, 0.5) is 0 Å². The molecule has 3 heteroatoms. The van der Waals surface area contributed by atoms with Gasteiger partial charge in [0.25, 0.3) is 0 Å². The van der Waals surface area contributed by atoms with Gasteiger partial charge in [-0.1, -0.05) is 26.7 Å². The Bertz CT molecular complexity index is 305. The van der Waals surface area contributed by atoms with E-state index in [0.717, 1.165) is 31.6 Å². The number of hydrogen-bond donors (Lipinski definition) is 0. The number of rotatable bonds is 5. The van der Waals surface area contributed by atoms with Crippen molar-refractivity contribution in [1.29, 1.82) is 0 Å². The van der Waals surface area contributed by atoms with Gasteiger partial charge in [0.2, 0.25) is 0 Å². The molecule has 1 spiro atoms. The molecule has 1 aliphatic heterocycles. The first-order valence-electron chi connectivity index (χ1n) is 7.51. The van der Waals surface area contributed by atoms with E-state index in [1.165, 1.54) is 19.3 Å². The van der Waals surface area contributed by atoms with Crippen LogP contribution >= 0.6 is 0 Å². The Labute approximate surface area is 110 Å². The van der Waals surface area contributed by atoms with E-state index < -0.39 is 5.60 Å². The van der Waals surface area contributed by atoms with Gasteiger partial charge in [-0.05, 0) is 44.9 Å². The largest absolute Gasteiger partial charge is 0.464 e. The summed E-state index contributed by atoms with van der Waals surface area (Å²) in [7, 11) is 0. The molecule has 2 aliphatic rings. The molecular weight excluding hydrogens is 228 g/mol. The van der Waals surface area contributed by atoms with Crippen LogP contribution in [-0.2, 0) is 14.3 Å². The maximum absolute atomic E-state index is 12.2. The molecule has 1 heterocycles. The minimum Gasteiger partial charge on any atom is -0.464 e. The highest BCUT2D eigenvalue weighted by Gasteiger charge is 2.74. The molecule has 0 N–H and O–H groups in total. The average molecular weight is 254 g/mol. The van der Waals surface area contributed by atoms with Gasteiger partial charge >= 0.3 is 5.97 Å². The summed E-state index contributed by atoms with van der Waals surface area (Å²) in [5.74, 6) is 0.697. The van der Waals surface area contributed by atoms with Crippen LogP contribution in [0.15, 0.2) is 0 Å². The Balaban J connectivity index is 2.05. The van der Waals surface area contributed by atoms with Gasteiger partial charge in [-0.15, -0.1) is 0 Å². The third-order valence-corrected chi connectivity index (χ3v) is 4.76. The molecular formula is C15H26O3. The summed E-state index contributed by atoms with van der Waals surface area (Å²) in [4.78, 5) is 12.2. The maximum atomic E-state index is 12.2. The molecule has 1 saturated carbocycles. The van der Waals surface area contributed by atoms with E-state index >= 15 is 0 Å².